The number of aryl methyl sites for hydroxylation is 2. The molecule has 3 rings (SSSR count). The van der Waals surface area contributed by atoms with E-state index in [1.54, 1.807) is 6.92 Å². The van der Waals surface area contributed by atoms with Crippen LogP contribution in [0.1, 0.15) is 27.2 Å². The fourth-order valence-corrected chi connectivity index (χ4v) is 2.48. The second-order valence-electron chi connectivity index (χ2n) is 5.40. The first-order chi connectivity index (χ1) is 10.5. The number of hydrogen-bond acceptors (Lipinski definition) is 2. The summed E-state index contributed by atoms with van der Waals surface area (Å²) < 4.78 is 18.9. The van der Waals surface area contributed by atoms with Crippen LogP contribution >= 0.6 is 0 Å². The van der Waals surface area contributed by atoms with Gasteiger partial charge in [-0.05, 0) is 56.2 Å². The summed E-state index contributed by atoms with van der Waals surface area (Å²) in [5, 5.41) is 3.47. The largest absolute Gasteiger partial charge is 0.451 e. The van der Waals surface area contributed by atoms with E-state index in [0.717, 1.165) is 16.8 Å². The Morgan fingerprint density at radius 2 is 1.86 bits per heavy atom. The Balaban J connectivity index is 1.99. The van der Waals surface area contributed by atoms with Crippen LogP contribution < -0.4 is 5.32 Å². The minimum atomic E-state index is -0.349. The molecule has 112 valence electrons. The lowest BCUT2D eigenvalue weighted by atomic mass is 10.1. The third kappa shape index (κ3) is 2.37. The van der Waals surface area contributed by atoms with Gasteiger partial charge in [0.2, 0.25) is 0 Å². The molecule has 0 aliphatic rings. The molecule has 1 amide bonds. The zero-order valence-electron chi connectivity index (χ0n) is 12.7. The smallest absolute Gasteiger partial charge is 0.291 e. The molecule has 0 radical (unpaired) electrons. The van der Waals surface area contributed by atoms with Gasteiger partial charge in [-0.1, -0.05) is 12.1 Å². The van der Waals surface area contributed by atoms with Crippen molar-refractivity contribution in [1.29, 1.82) is 0 Å². The summed E-state index contributed by atoms with van der Waals surface area (Å²) in [4.78, 5) is 12.5. The van der Waals surface area contributed by atoms with Crippen molar-refractivity contribution in [3.05, 3.63) is 64.7 Å². The number of amides is 1. The van der Waals surface area contributed by atoms with E-state index in [1.165, 1.54) is 18.2 Å². The van der Waals surface area contributed by atoms with E-state index in [2.05, 4.69) is 5.32 Å². The number of rotatable bonds is 2. The summed E-state index contributed by atoms with van der Waals surface area (Å²) in [6.07, 6.45) is 0. The number of anilines is 1. The van der Waals surface area contributed by atoms with Crippen LogP contribution in [-0.4, -0.2) is 5.91 Å². The molecule has 0 saturated carbocycles. The quantitative estimate of drug-likeness (QED) is 0.741. The number of benzene rings is 2. The van der Waals surface area contributed by atoms with Crippen LogP contribution in [0.25, 0.3) is 11.0 Å². The number of hydrogen-bond donors (Lipinski definition) is 1. The SMILES string of the molecule is Cc1cccc(NC(=O)c2oc3ccc(F)cc3c2C)c1C. The highest BCUT2D eigenvalue weighted by atomic mass is 19.1. The average molecular weight is 297 g/mol. The molecule has 0 aliphatic heterocycles. The van der Waals surface area contributed by atoms with Crippen molar-refractivity contribution in [1.82, 2.24) is 0 Å². The summed E-state index contributed by atoms with van der Waals surface area (Å²) in [7, 11) is 0. The molecule has 1 N–H and O–H groups in total. The van der Waals surface area contributed by atoms with Gasteiger partial charge in [-0.2, -0.15) is 0 Å². The van der Waals surface area contributed by atoms with Gasteiger partial charge in [0.15, 0.2) is 5.76 Å². The third-order valence-electron chi connectivity index (χ3n) is 3.96. The standard InChI is InChI=1S/C18H16FNO2/c1-10-5-4-6-15(11(10)2)20-18(21)17-12(3)14-9-13(19)7-8-16(14)22-17/h4-9H,1-3H3,(H,20,21). The number of carbonyl (C=O) groups excluding carboxylic acids is 1. The molecule has 0 atom stereocenters. The van der Waals surface area contributed by atoms with E-state index in [0.29, 0.717) is 16.5 Å². The topological polar surface area (TPSA) is 42.2 Å². The predicted octanol–water partition coefficient (Wildman–Crippen LogP) is 4.75. The highest BCUT2D eigenvalue weighted by Gasteiger charge is 2.18. The first-order valence-corrected chi connectivity index (χ1v) is 7.03. The number of furan rings is 1. The maximum absolute atomic E-state index is 13.3. The minimum Gasteiger partial charge on any atom is -0.451 e. The Morgan fingerprint density at radius 3 is 2.64 bits per heavy atom. The summed E-state index contributed by atoms with van der Waals surface area (Å²) in [6, 6.07) is 9.95. The second-order valence-corrected chi connectivity index (χ2v) is 5.40. The normalized spacial score (nSPS) is 10.9. The van der Waals surface area contributed by atoms with Crippen LogP contribution in [0.3, 0.4) is 0 Å². The lowest BCUT2D eigenvalue weighted by Crippen LogP contribution is -2.13. The summed E-state index contributed by atoms with van der Waals surface area (Å²) in [6.45, 7) is 5.69. The number of carbonyl (C=O) groups is 1. The lowest BCUT2D eigenvalue weighted by Gasteiger charge is -2.09. The molecule has 0 saturated heterocycles. The zero-order valence-corrected chi connectivity index (χ0v) is 12.7. The van der Waals surface area contributed by atoms with Gasteiger partial charge in [0.25, 0.3) is 5.91 Å². The molecule has 0 spiro atoms. The average Bonchev–Trinajstić information content (AvgIpc) is 2.81. The van der Waals surface area contributed by atoms with Gasteiger partial charge in [0.05, 0.1) is 0 Å². The Kier molecular flexibility index (Phi) is 3.45. The molecule has 4 heteroatoms. The van der Waals surface area contributed by atoms with Gasteiger partial charge in [-0.3, -0.25) is 4.79 Å². The van der Waals surface area contributed by atoms with Crippen LogP contribution in [0, 0.1) is 26.6 Å². The number of nitrogens with one attached hydrogen (secondary N) is 1. The molecule has 3 aromatic rings. The molecule has 0 fully saturated rings. The van der Waals surface area contributed by atoms with Crippen molar-refractivity contribution in [3.63, 3.8) is 0 Å². The molecule has 1 heterocycles. The van der Waals surface area contributed by atoms with Gasteiger partial charge < -0.3 is 9.73 Å². The van der Waals surface area contributed by atoms with Crippen molar-refractivity contribution in [2.45, 2.75) is 20.8 Å². The third-order valence-corrected chi connectivity index (χ3v) is 3.96. The Hall–Kier alpha value is -2.62. The lowest BCUT2D eigenvalue weighted by molar-refractivity contribution is 0.0998. The molecule has 2 aromatic carbocycles. The molecular formula is C18H16FNO2. The predicted molar refractivity (Wildman–Crippen MR) is 84.8 cm³/mol. The number of fused-ring (bicyclic) bond motifs is 1. The van der Waals surface area contributed by atoms with Crippen molar-refractivity contribution in [3.8, 4) is 0 Å². The fourth-order valence-electron chi connectivity index (χ4n) is 2.48. The molecule has 3 nitrogen and oxygen atoms in total. The van der Waals surface area contributed by atoms with Crippen LogP contribution in [0.15, 0.2) is 40.8 Å². The summed E-state index contributed by atoms with van der Waals surface area (Å²) in [5.41, 5.74) is 4.00. The molecule has 0 unspecified atom stereocenters. The van der Waals surface area contributed by atoms with Crippen LogP contribution in [0.2, 0.25) is 0 Å². The Labute approximate surface area is 127 Å². The molecular weight excluding hydrogens is 281 g/mol. The van der Waals surface area contributed by atoms with Crippen molar-refractivity contribution in [2.75, 3.05) is 5.32 Å². The fraction of sp³-hybridized carbons (Fsp3) is 0.167. The maximum atomic E-state index is 13.3. The van der Waals surface area contributed by atoms with Crippen molar-refractivity contribution < 1.29 is 13.6 Å². The number of halogens is 1. The van der Waals surface area contributed by atoms with Gasteiger partial charge >= 0.3 is 0 Å². The van der Waals surface area contributed by atoms with E-state index in [-0.39, 0.29) is 17.5 Å². The Morgan fingerprint density at radius 1 is 1.09 bits per heavy atom. The van der Waals surface area contributed by atoms with E-state index >= 15 is 0 Å². The van der Waals surface area contributed by atoms with Crippen LogP contribution in [0.4, 0.5) is 10.1 Å². The van der Waals surface area contributed by atoms with Crippen LogP contribution in [-0.2, 0) is 0 Å². The molecule has 0 bridgehead atoms. The van der Waals surface area contributed by atoms with Crippen molar-refractivity contribution in [2.24, 2.45) is 0 Å². The second kappa shape index (κ2) is 5.30. The van der Waals surface area contributed by atoms with Gasteiger partial charge in [0.1, 0.15) is 11.4 Å². The van der Waals surface area contributed by atoms with E-state index < -0.39 is 0 Å². The van der Waals surface area contributed by atoms with Crippen LogP contribution in [0.5, 0.6) is 0 Å². The zero-order chi connectivity index (χ0) is 15.9. The monoisotopic (exact) mass is 297 g/mol. The van der Waals surface area contributed by atoms with Crippen molar-refractivity contribution >= 4 is 22.6 Å². The molecule has 22 heavy (non-hydrogen) atoms. The van der Waals surface area contributed by atoms with Gasteiger partial charge in [-0.25, -0.2) is 4.39 Å². The maximum Gasteiger partial charge on any atom is 0.291 e. The highest BCUT2D eigenvalue weighted by molar-refractivity contribution is 6.06. The Bertz CT molecular complexity index is 880. The van der Waals surface area contributed by atoms with E-state index in [9.17, 15) is 9.18 Å². The van der Waals surface area contributed by atoms with Gasteiger partial charge in [-0.15, -0.1) is 0 Å². The van der Waals surface area contributed by atoms with Gasteiger partial charge in [0, 0.05) is 16.6 Å². The van der Waals surface area contributed by atoms with E-state index in [1.807, 2.05) is 32.0 Å². The minimum absolute atomic E-state index is 0.210. The first kappa shape index (κ1) is 14.3. The summed E-state index contributed by atoms with van der Waals surface area (Å²) in [5.74, 6) is -0.470. The first-order valence-electron chi connectivity index (χ1n) is 7.03. The van der Waals surface area contributed by atoms with E-state index in [4.69, 9.17) is 4.42 Å². The molecule has 1 aromatic heterocycles. The highest BCUT2D eigenvalue weighted by Crippen LogP contribution is 2.27. The summed E-state index contributed by atoms with van der Waals surface area (Å²) >= 11 is 0. The molecule has 0 aliphatic carbocycles.